The standard InChI is InChI=1S/C23H34FNO2/c1-2-3-4-6-18-9-13-20(14-10-18)23(26)27-22-15-11-19(12-16-22)7-5-8-21(24)17-25/h5,7-8,18-20,22H,2-4,6,9-16H2,1H3/t18-,19-,20-,22-. The average Bonchev–Trinajstić information content (AvgIpc) is 2.70. The maximum atomic E-state index is 12.8. The molecule has 150 valence electrons. The first-order valence-electron chi connectivity index (χ1n) is 10.8. The molecule has 2 fully saturated rings. The molecular weight excluding hydrogens is 341 g/mol. The SMILES string of the molecule is CCCCC[C@H]1CC[C@H](C(=O)O[C@H]2CC[C@H](C=CC=C(F)C#N)CC2)CC1. The summed E-state index contributed by atoms with van der Waals surface area (Å²) < 4.78 is 18.6. The Morgan fingerprint density at radius 3 is 2.44 bits per heavy atom. The van der Waals surface area contributed by atoms with E-state index in [0.29, 0.717) is 5.92 Å². The lowest BCUT2D eigenvalue weighted by molar-refractivity contribution is -0.157. The van der Waals surface area contributed by atoms with Gasteiger partial charge in [-0.25, -0.2) is 0 Å². The number of nitriles is 1. The van der Waals surface area contributed by atoms with Crippen LogP contribution in [0.2, 0.25) is 0 Å². The second-order valence-corrected chi connectivity index (χ2v) is 8.20. The first-order chi connectivity index (χ1) is 13.1. The summed E-state index contributed by atoms with van der Waals surface area (Å²) in [5, 5.41) is 8.39. The van der Waals surface area contributed by atoms with Crippen LogP contribution in [0.4, 0.5) is 4.39 Å². The molecule has 0 bridgehead atoms. The molecule has 2 saturated carbocycles. The molecule has 0 aromatic heterocycles. The van der Waals surface area contributed by atoms with Crippen LogP contribution in [-0.2, 0) is 9.53 Å². The van der Waals surface area contributed by atoms with E-state index in [4.69, 9.17) is 10.00 Å². The number of allylic oxidation sites excluding steroid dienone is 4. The van der Waals surface area contributed by atoms with E-state index in [1.54, 1.807) is 6.08 Å². The number of hydrogen-bond donors (Lipinski definition) is 0. The van der Waals surface area contributed by atoms with Gasteiger partial charge in [0.15, 0.2) is 5.83 Å². The molecule has 27 heavy (non-hydrogen) atoms. The van der Waals surface area contributed by atoms with E-state index in [2.05, 4.69) is 6.92 Å². The molecular formula is C23H34FNO2. The largest absolute Gasteiger partial charge is 0.462 e. The molecule has 0 saturated heterocycles. The van der Waals surface area contributed by atoms with Gasteiger partial charge in [-0.2, -0.15) is 9.65 Å². The smallest absolute Gasteiger partial charge is 0.309 e. The molecule has 0 aromatic carbocycles. The molecule has 0 amide bonds. The molecule has 0 N–H and O–H groups in total. The highest BCUT2D eigenvalue weighted by atomic mass is 19.1. The second-order valence-electron chi connectivity index (χ2n) is 8.20. The van der Waals surface area contributed by atoms with Crippen LogP contribution in [0.15, 0.2) is 24.1 Å². The van der Waals surface area contributed by atoms with Crippen molar-refractivity contribution in [3.8, 4) is 6.07 Å². The van der Waals surface area contributed by atoms with Gasteiger partial charge in [0, 0.05) is 0 Å². The van der Waals surface area contributed by atoms with Crippen LogP contribution in [0, 0.1) is 29.1 Å². The number of carbonyl (C=O) groups is 1. The fourth-order valence-corrected chi connectivity index (χ4v) is 4.36. The second kappa shape index (κ2) is 12.0. The zero-order valence-electron chi connectivity index (χ0n) is 16.7. The third kappa shape index (κ3) is 7.87. The molecule has 4 heteroatoms. The lowest BCUT2D eigenvalue weighted by Crippen LogP contribution is -2.29. The third-order valence-corrected chi connectivity index (χ3v) is 6.13. The Morgan fingerprint density at radius 1 is 1.11 bits per heavy atom. The van der Waals surface area contributed by atoms with Gasteiger partial charge < -0.3 is 4.74 Å². The van der Waals surface area contributed by atoms with E-state index >= 15 is 0 Å². The summed E-state index contributed by atoms with van der Waals surface area (Å²) >= 11 is 0. The van der Waals surface area contributed by atoms with Crippen molar-refractivity contribution in [3.05, 3.63) is 24.1 Å². The highest BCUT2D eigenvalue weighted by Gasteiger charge is 2.30. The molecule has 2 aliphatic carbocycles. The minimum atomic E-state index is -0.769. The van der Waals surface area contributed by atoms with E-state index in [9.17, 15) is 9.18 Å². The van der Waals surface area contributed by atoms with Gasteiger partial charge in [0.1, 0.15) is 12.2 Å². The van der Waals surface area contributed by atoms with Crippen LogP contribution in [-0.4, -0.2) is 12.1 Å². The van der Waals surface area contributed by atoms with Crippen LogP contribution in [0.3, 0.4) is 0 Å². The fraction of sp³-hybridized carbons (Fsp3) is 0.739. The minimum Gasteiger partial charge on any atom is -0.462 e. The quantitative estimate of drug-likeness (QED) is 0.213. The summed E-state index contributed by atoms with van der Waals surface area (Å²) in [7, 11) is 0. The number of rotatable bonds is 8. The summed E-state index contributed by atoms with van der Waals surface area (Å²) in [6.07, 6.45) is 18.0. The molecule has 2 aliphatic rings. The van der Waals surface area contributed by atoms with Crippen molar-refractivity contribution in [1.82, 2.24) is 0 Å². The predicted molar refractivity (Wildman–Crippen MR) is 105 cm³/mol. The topological polar surface area (TPSA) is 50.1 Å². The number of nitrogens with zero attached hydrogens (tertiary/aromatic N) is 1. The number of hydrogen-bond acceptors (Lipinski definition) is 3. The van der Waals surface area contributed by atoms with Crippen molar-refractivity contribution in [2.75, 3.05) is 0 Å². The van der Waals surface area contributed by atoms with E-state index in [0.717, 1.165) is 44.4 Å². The lowest BCUT2D eigenvalue weighted by Gasteiger charge is -2.31. The highest BCUT2D eigenvalue weighted by Crippen LogP contribution is 2.34. The van der Waals surface area contributed by atoms with Gasteiger partial charge in [0.2, 0.25) is 0 Å². The van der Waals surface area contributed by atoms with Crippen molar-refractivity contribution in [3.63, 3.8) is 0 Å². The van der Waals surface area contributed by atoms with Gasteiger partial charge in [0.05, 0.1) is 5.92 Å². The molecule has 0 unspecified atom stereocenters. The Balaban J connectivity index is 1.64. The molecule has 0 radical (unpaired) electrons. The van der Waals surface area contributed by atoms with Crippen molar-refractivity contribution in [2.24, 2.45) is 17.8 Å². The minimum absolute atomic E-state index is 0.0139. The fourth-order valence-electron chi connectivity index (χ4n) is 4.36. The predicted octanol–water partition coefficient (Wildman–Crippen LogP) is 6.41. The van der Waals surface area contributed by atoms with E-state index in [1.807, 2.05) is 6.08 Å². The summed E-state index contributed by atoms with van der Waals surface area (Å²) in [5.41, 5.74) is 0. The molecule has 3 nitrogen and oxygen atoms in total. The van der Waals surface area contributed by atoms with Gasteiger partial charge in [-0.05, 0) is 69.3 Å². The Kier molecular flexibility index (Phi) is 9.59. The van der Waals surface area contributed by atoms with Gasteiger partial charge >= 0.3 is 5.97 Å². The van der Waals surface area contributed by atoms with Crippen molar-refractivity contribution < 1.29 is 13.9 Å². The van der Waals surface area contributed by atoms with Gasteiger partial charge in [-0.1, -0.05) is 44.8 Å². The Morgan fingerprint density at radius 2 is 1.81 bits per heavy atom. The van der Waals surface area contributed by atoms with Crippen molar-refractivity contribution in [2.45, 2.75) is 90.1 Å². The number of carbonyl (C=O) groups excluding carboxylic acids is 1. The molecule has 0 heterocycles. The van der Waals surface area contributed by atoms with Crippen LogP contribution in [0.1, 0.15) is 84.0 Å². The van der Waals surface area contributed by atoms with Crippen LogP contribution >= 0.6 is 0 Å². The summed E-state index contributed by atoms with van der Waals surface area (Å²) in [4.78, 5) is 12.5. The van der Waals surface area contributed by atoms with E-state index in [-0.39, 0.29) is 18.0 Å². The van der Waals surface area contributed by atoms with Gasteiger partial charge in [0.25, 0.3) is 0 Å². The lowest BCUT2D eigenvalue weighted by atomic mass is 9.79. The highest BCUT2D eigenvalue weighted by molar-refractivity contribution is 5.72. The van der Waals surface area contributed by atoms with Gasteiger partial charge in [-0.15, -0.1) is 0 Å². The van der Waals surface area contributed by atoms with E-state index < -0.39 is 5.83 Å². The maximum absolute atomic E-state index is 12.8. The molecule has 0 aromatic rings. The zero-order chi connectivity index (χ0) is 19.5. The number of esters is 1. The zero-order valence-corrected chi connectivity index (χ0v) is 16.7. The summed E-state index contributed by atoms with van der Waals surface area (Å²) in [6, 6.07) is 1.46. The Hall–Kier alpha value is -1.63. The molecule has 0 spiro atoms. The van der Waals surface area contributed by atoms with E-state index in [1.165, 1.54) is 50.7 Å². The van der Waals surface area contributed by atoms with Crippen LogP contribution in [0.5, 0.6) is 0 Å². The summed E-state index contributed by atoms with van der Waals surface area (Å²) in [6.45, 7) is 2.24. The molecule has 2 rings (SSSR count). The Labute approximate surface area is 163 Å². The summed E-state index contributed by atoms with van der Waals surface area (Å²) in [5.74, 6) is 0.530. The third-order valence-electron chi connectivity index (χ3n) is 6.13. The first-order valence-corrected chi connectivity index (χ1v) is 10.8. The molecule has 0 aliphatic heterocycles. The number of halogens is 1. The Bertz CT molecular complexity index is 547. The monoisotopic (exact) mass is 375 g/mol. The number of unbranched alkanes of at least 4 members (excludes halogenated alkanes) is 2. The maximum Gasteiger partial charge on any atom is 0.309 e. The van der Waals surface area contributed by atoms with Crippen LogP contribution < -0.4 is 0 Å². The first kappa shape index (κ1) is 21.7. The van der Waals surface area contributed by atoms with Crippen LogP contribution in [0.25, 0.3) is 0 Å². The normalized spacial score (nSPS) is 29.4. The molecule has 0 atom stereocenters. The average molecular weight is 376 g/mol. The number of ether oxygens (including phenoxy) is 1. The van der Waals surface area contributed by atoms with Gasteiger partial charge in [-0.3, -0.25) is 4.79 Å². The van der Waals surface area contributed by atoms with Crippen molar-refractivity contribution >= 4 is 5.97 Å². The van der Waals surface area contributed by atoms with Crippen molar-refractivity contribution in [1.29, 1.82) is 5.26 Å².